The Bertz CT molecular complexity index is 830. The van der Waals surface area contributed by atoms with Gasteiger partial charge in [0, 0.05) is 51.9 Å². The lowest BCUT2D eigenvalue weighted by Crippen LogP contribution is -2.31. The van der Waals surface area contributed by atoms with Gasteiger partial charge in [-0.1, -0.05) is 31.2 Å². The summed E-state index contributed by atoms with van der Waals surface area (Å²) in [6.45, 7) is 7.63. The van der Waals surface area contributed by atoms with Crippen LogP contribution in [0, 0.1) is 0 Å². The Morgan fingerprint density at radius 1 is 1.03 bits per heavy atom. The summed E-state index contributed by atoms with van der Waals surface area (Å²) in [4.78, 5) is 37.2. The smallest absolute Gasteiger partial charge is 0.257 e. The minimum atomic E-state index is -0.0776. The molecule has 0 bridgehead atoms. The van der Waals surface area contributed by atoms with Gasteiger partial charge in [-0.2, -0.15) is 0 Å². The minimum absolute atomic E-state index is 0.0510. The predicted molar refractivity (Wildman–Crippen MR) is 116 cm³/mol. The highest BCUT2D eigenvalue weighted by molar-refractivity contribution is 5.99. The van der Waals surface area contributed by atoms with Gasteiger partial charge >= 0.3 is 0 Å². The largest absolute Gasteiger partial charge is 0.352 e. The molecule has 0 radical (unpaired) electrons. The first-order chi connectivity index (χ1) is 13.9. The van der Waals surface area contributed by atoms with Gasteiger partial charge in [-0.25, -0.2) is 9.97 Å². The molecule has 2 rings (SSSR count). The fraction of sp³-hybridized carbons (Fsp3) is 0.455. The van der Waals surface area contributed by atoms with Crippen LogP contribution in [0.3, 0.4) is 0 Å². The molecule has 0 fully saturated rings. The second-order valence-electron chi connectivity index (χ2n) is 7.03. The molecule has 2 aromatic rings. The summed E-state index contributed by atoms with van der Waals surface area (Å²) in [6.07, 6.45) is 2.97. The van der Waals surface area contributed by atoms with Crippen LogP contribution in [0.1, 0.15) is 49.5 Å². The Morgan fingerprint density at radius 3 is 2.24 bits per heavy atom. The molecule has 0 spiro atoms. The van der Waals surface area contributed by atoms with E-state index in [-0.39, 0.29) is 11.8 Å². The first kappa shape index (κ1) is 22.3. The zero-order valence-electron chi connectivity index (χ0n) is 18.0. The van der Waals surface area contributed by atoms with Crippen LogP contribution < -0.4 is 10.2 Å². The molecular weight excluding hydrogens is 366 g/mol. The third-order valence-corrected chi connectivity index (χ3v) is 4.65. The number of rotatable bonds is 9. The van der Waals surface area contributed by atoms with E-state index in [1.54, 1.807) is 11.1 Å². The Morgan fingerprint density at radius 2 is 1.69 bits per heavy atom. The quantitative estimate of drug-likeness (QED) is 0.703. The molecule has 0 aliphatic heterocycles. The van der Waals surface area contributed by atoms with Crippen molar-refractivity contribution in [1.82, 2.24) is 20.2 Å². The van der Waals surface area contributed by atoms with Gasteiger partial charge in [0.25, 0.3) is 5.91 Å². The number of nitrogens with one attached hydrogen (secondary N) is 1. The molecule has 7 heteroatoms. The Balaban J connectivity index is 2.34. The highest BCUT2D eigenvalue weighted by Crippen LogP contribution is 2.25. The van der Waals surface area contributed by atoms with Crippen LogP contribution >= 0.6 is 0 Å². The normalized spacial score (nSPS) is 10.5. The van der Waals surface area contributed by atoms with Crippen molar-refractivity contribution in [3.05, 3.63) is 41.6 Å². The molecule has 0 saturated heterocycles. The average Bonchev–Trinajstić information content (AvgIpc) is 2.73. The summed E-state index contributed by atoms with van der Waals surface area (Å²) in [6, 6.07) is 7.76. The van der Waals surface area contributed by atoms with Crippen molar-refractivity contribution >= 4 is 17.8 Å². The number of hydrogen-bond donors (Lipinski definition) is 1. The first-order valence-corrected chi connectivity index (χ1v) is 10.1. The zero-order chi connectivity index (χ0) is 21.4. The maximum absolute atomic E-state index is 13.0. The van der Waals surface area contributed by atoms with Gasteiger partial charge in [-0.05, 0) is 25.8 Å². The number of nitrogens with zero attached hydrogens (tertiary/aromatic N) is 4. The van der Waals surface area contributed by atoms with Gasteiger partial charge in [0.05, 0.1) is 11.3 Å². The topological polar surface area (TPSA) is 78.4 Å². The lowest BCUT2D eigenvalue weighted by Gasteiger charge is -2.21. The molecule has 0 atom stereocenters. The summed E-state index contributed by atoms with van der Waals surface area (Å²) < 4.78 is 0. The van der Waals surface area contributed by atoms with Gasteiger partial charge in [-0.3, -0.25) is 9.59 Å². The summed E-state index contributed by atoms with van der Waals surface area (Å²) in [5.41, 5.74) is 2.94. The molecule has 1 heterocycles. The molecule has 2 amide bonds. The van der Waals surface area contributed by atoms with E-state index in [1.165, 1.54) is 0 Å². The van der Waals surface area contributed by atoms with Crippen molar-refractivity contribution in [3.63, 3.8) is 0 Å². The SMILES string of the molecule is CCCC(=O)NCc1ccc(-c2nc(N(C)C)ncc2C(=O)N(CC)CC)cc1. The fourth-order valence-corrected chi connectivity index (χ4v) is 2.94. The van der Waals surface area contributed by atoms with Crippen molar-refractivity contribution in [2.45, 2.75) is 40.2 Å². The van der Waals surface area contributed by atoms with E-state index in [1.807, 2.05) is 64.0 Å². The van der Waals surface area contributed by atoms with E-state index in [4.69, 9.17) is 0 Å². The zero-order valence-corrected chi connectivity index (χ0v) is 18.0. The van der Waals surface area contributed by atoms with E-state index in [2.05, 4.69) is 15.3 Å². The molecule has 1 aromatic carbocycles. The maximum Gasteiger partial charge on any atom is 0.257 e. The number of carbonyl (C=O) groups excluding carboxylic acids is 2. The molecular formula is C22H31N5O2. The number of amides is 2. The van der Waals surface area contributed by atoms with Crippen molar-refractivity contribution in [1.29, 1.82) is 0 Å². The van der Waals surface area contributed by atoms with Gasteiger partial charge in [0.15, 0.2) is 0 Å². The van der Waals surface area contributed by atoms with Gasteiger partial charge in [-0.15, -0.1) is 0 Å². The van der Waals surface area contributed by atoms with Crippen LogP contribution in [0.25, 0.3) is 11.3 Å². The number of hydrogen-bond acceptors (Lipinski definition) is 5. The molecule has 0 unspecified atom stereocenters. The molecule has 29 heavy (non-hydrogen) atoms. The average molecular weight is 398 g/mol. The summed E-state index contributed by atoms with van der Waals surface area (Å²) in [7, 11) is 3.74. The van der Waals surface area contributed by atoms with Crippen molar-refractivity contribution < 1.29 is 9.59 Å². The van der Waals surface area contributed by atoms with Gasteiger partial charge in [0.2, 0.25) is 11.9 Å². The third-order valence-electron chi connectivity index (χ3n) is 4.65. The van der Waals surface area contributed by atoms with Crippen LogP contribution in [-0.4, -0.2) is 53.9 Å². The monoisotopic (exact) mass is 397 g/mol. The number of carbonyl (C=O) groups is 2. The fourth-order valence-electron chi connectivity index (χ4n) is 2.94. The number of aromatic nitrogens is 2. The Hall–Kier alpha value is -2.96. The molecule has 0 aliphatic carbocycles. The molecule has 1 aromatic heterocycles. The lowest BCUT2D eigenvalue weighted by molar-refractivity contribution is -0.121. The van der Waals surface area contributed by atoms with E-state index in [0.717, 1.165) is 17.5 Å². The Labute approximate surface area is 173 Å². The standard InChI is InChI=1S/C22H31N5O2/c1-6-9-19(28)23-14-16-10-12-17(13-11-16)20-18(21(29)27(7-2)8-3)15-24-22(25-20)26(4)5/h10-13,15H,6-9,14H2,1-5H3,(H,23,28). The number of benzene rings is 1. The molecule has 0 aliphatic rings. The molecule has 1 N–H and O–H groups in total. The van der Waals surface area contributed by atoms with E-state index >= 15 is 0 Å². The van der Waals surface area contributed by atoms with E-state index in [0.29, 0.717) is 43.3 Å². The van der Waals surface area contributed by atoms with E-state index < -0.39 is 0 Å². The van der Waals surface area contributed by atoms with Crippen molar-refractivity contribution in [2.24, 2.45) is 0 Å². The predicted octanol–water partition coefficient (Wildman–Crippen LogP) is 3.11. The molecule has 156 valence electrons. The van der Waals surface area contributed by atoms with Crippen LogP contribution in [-0.2, 0) is 11.3 Å². The van der Waals surface area contributed by atoms with Crippen LogP contribution in [0.15, 0.2) is 30.5 Å². The lowest BCUT2D eigenvalue weighted by atomic mass is 10.0. The summed E-state index contributed by atoms with van der Waals surface area (Å²) in [5.74, 6) is 0.522. The van der Waals surface area contributed by atoms with Gasteiger partial charge < -0.3 is 15.1 Å². The highest BCUT2D eigenvalue weighted by atomic mass is 16.2. The van der Waals surface area contributed by atoms with E-state index in [9.17, 15) is 9.59 Å². The number of anilines is 1. The summed E-state index contributed by atoms with van der Waals surface area (Å²) in [5, 5.41) is 2.91. The van der Waals surface area contributed by atoms with Crippen molar-refractivity contribution in [2.75, 3.05) is 32.1 Å². The minimum Gasteiger partial charge on any atom is -0.352 e. The van der Waals surface area contributed by atoms with Gasteiger partial charge in [0.1, 0.15) is 0 Å². The molecule has 0 saturated carbocycles. The molecule has 7 nitrogen and oxygen atoms in total. The van der Waals surface area contributed by atoms with Crippen LogP contribution in [0.4, 0.5) is 5.95 Å². The third kappa shape index (κ3) is 5.76. The second-order valence-corrected chi connectivity index (χ2v) is 7.03. The van der Waals surface area contributed by atoms with Crippen LogP contribution in [0.5, 0.6) is 0 Å². The first-order valence-electron chi connectivity index (χ1n) is 10.1. The Kier molecular flexibility index (Phi) is 8.12. The van der Waals surface area contributed by atoms with Crippen molar-refractivity contribution in [3.8, 4) is 11.3 Å². The summed E-state index contributed by atoms with van der Waals surface area (Å²) >= 11 is 0. The second kappa shape index (κ2) is 10.5. The highest BCUT2D eigenvalue weighted by Gasteiger charge is 2.20. The van der Waals surface area contributed by atoms with Crippen LogP contribution in [0.2, 0.25) is 0 Å². The maximum atomic E-state index is 13.0.